The van der Waals surface area contributed by atoms with Gasteiger partial charge in [-0.25, -0.2) is 0 Å². The van der Waals surface area contributed by atoms with Crippen LogP contribution in [0.1, 0.15) is 11.4 Å². The SMILES string of the molecule is Cc1cccc(NCC(O)Cc2n[nH]c(=S)[nH]2)c1. The minimum atomic E-state index is -0.514. The molecule has 0 spiro atoms. The highest BCUT2D eigenvalue weighted by atomic mass is 32.1. The highest BCUT2D eigenvalue weighted by molar-refractivity contribution is 7.71. The van der Waals surface area contributed by atoms with Crippen molar-refractivity contribution < 1.29 is 5.11 Å². The summed E-state index contributed by atoms with van der Waals surface area (Å²) >= 11 is 4.87. The van der Waals surface area contributed by atoms with E-state index in [1.807, 2.05) is 31.2 Å². The number of aryl methyl sites for hydroxylation is 1. The van der Waals surface area contributed by atoms with Gasteiger partial charge in [-0.15, -0.1) is 0 Å². The van der Waals surface area contributed by atoms with Gasteiger partial charge in [0.15, 0.2) is 4.77 Å². The van der Waals surface area contributed by atoms with Crippen LogP contribution in [0.25, 0.3) is 0 Å². The van der Waals surface area contributed by atoms with Crippen LogP contribution < -0.4 is 5.32 Å². The minimum Gasteiger partial charge on any atom is -0.391 e. The second-order valence-corrected chi connectivity index (χ2v) is 4.64. The Morgan fingerprint density at radius 3 is 3.00 bits per heavy atom. The molecule has 1 heterocycles. The Balaban J connectivity index is 1.85. The number of anilines is 1. The van der Waals surface area contributed by atoms with Crippen LogP contribution in [0.3, 0.4) is 0 Å². The molecular weight excluding hydrogens is 248 g/mol. The molecule has 0 aliphatic heterocycles. The molecule has 1 atom stereocenters. The lowest BCUT2D eigenvalue weighted by Gasteiger charge is -2.11. The van der Waals surface area contributed by atoms with Crippen LogP contribution in [-0.2, 0) is 6.42 Å². The van der Waals surface area contributed by atoms with Crippen LogP contribution in [0.2, 0.25) is 0 Å². The maximum Gasteiger partial charge on any atom is 0.192 e. The standard InChI is InChI=1S/C12H16N4OS/c1-8-3-2-4-9(5-8)13-7-10(17)6-11-14-12(18)16-15-11/h2-5,10,13,17H,6-7H2,1H3,(H2,14,15,16,18). The Morgan fingerprint density at radius 2 is 2.33 bits per heavy atom. The van der Waals surface area contributed by atoms with E-state index < -0.39 is 6.10 Å². The first kappa shape index (κ1) is 12.8. The van der Waals surface area contributed by atoms with E-state index >= 15 is 0 Å². The number of aromatic nitrogens is 3. The van der Waals surface area contributed by atoms with Crippen molar-refractivity contribution in [3.63, 3.8) is 0 Å². The molecule has 0 saturated carbocycles. The number of rotatable bonds is 5. The Kier molecular flexibility index (Phi) is 4.11. The highest BCUT2D eigenvalue weighted by Crippen LogP contribution is 2.09. The van der Waals surface area contributed by atoms with Crippen LogP contribution in [0.15, 0.2) is 24.3 Å². The molecule has 96 valence electrons. The van der Waals surface area contributed by atoms with E-state index in [9.17, 15) is 5.11 Å². The van der Waals surface area contributed by atoms with Gasteiger partial charge in [0, 0.05) is 18.7 Å². The van der Waals surface area contributed by atoms with Gasteiger partial charge in [-0.2, -0.15) is 5.10 Å². The van der Waals surface area contributed by atoms with Gasteiger partial charge in [-0.3, -0.25) is 5.10 Å². The largest absolute Gasteiger partial charge is 0.391 e. The fourth-order valence-corrected chi connectivity index (χ4v) is 1.85. The molecule has 2 aromatic rings. The summed E-state index contributed by atoms with van der Waals surface area (Å²) in [4.78, 5) is 2.87. The van der Waals surface area contributed by atoms with Crippen molar-refractivity contribution in [1.82, 2.24) is 15.2 Å². The summed E-state index contributed by atoms with van der Waals surface area (Å²) in [5.74, 6) is 0.665. The van der Waals surface area contributed by atoms with Crippen LogP contribution in [0.4, 0.5) is 5.69 Å². The van der Waals surface area contributed by atoms with E-state index in [-0.39, 0.29) is 0 Å². The lowest BCUT2D eigenvalue weighted by Crippen LogP contribution is -2.22. The van der Waals surface area contributed by atoms with Crippen molar-refractivity contribution in [3.8, 4) is 0 Å². The monoisotopic (exact) mass is 264 g/mol. The Morgan fingerprint density at radius 1 is 1.50 bits per heavy atom. The van der Waals surface area contributed by atoms with Crippen LogP contribution in [0.5, 0.6) is 0 Å². The minimum absolute atomic E-state index is 0.436. The van der Waals surface area contributed by atoms with E-state index in [1.54, 1.807) is 0 Å². The number of hydrogen-bond acceptors (Lipinski definition) is 4. The average Bonchev–Trinajstić information content (AvgIpc) is 2.72. The van der Waals surface area contributed by atoms with E-state index in [0.29, 0.717) is 23.6 Å². The fourth-order valence-electron chi connectivity index (χ4n) is 1.69. The maximum absolute atomic E-state index is 9.87. The first-order chi connectivity index (χ1) is 8.63. The zero-order valence-corrected chi connectivity index (χ0v) is 10.9. The summed E-state index contributed by atoms with van der Waals surface area (Å²) in [6.45, 7) is 2.50. The third kappa shape index (κ3) is 3.68. The van der Waals surface area contributed by atoms with Crippen molar-refractivity contribution in [3.05, 3.63) is 40.4 Å². The van der Waals surface area contributed by atoms with Crippen molar-refractivity contribution in [2.45, 2.75) is 19.4 Å². The molecule has 0 fully saturated rings. The summed E-state index contributed by atoms with van der Waals surface area (Å²) in [5.41, 5.74) is 2.19. The summed E-state index contributed by atoms with van der Waals surface area (Å²) in [6.07, 6.45) is -0.0779. The summed E-state index contributed by atoms with van der Waals surface area (Å²) in [5, 5.41) is 19.6. The number of aliphatic hydroxyl groups is 1. The van der Waals surface area contributed by atoms with Crippen molar-refractivity contribution in [2.24, 2.45) is 0 Å². The zero-order valence-electron chi connectivity index (χ0n) is 10.1. The van der Waals surface area contributed by atoms with E-state index in [4.69, 9.17) is 12.2 Å². The average molecular weight is 264 g/mol. The molecule has 0 bridgehead atoms. The molecule has 1 unspecified atom stereocenters. The van der Waals surface area contributed by atoms with Gasteiger partial charge >= 0.3 is 0 Å². The predicted octanol–water partition coefficient (Wildman–Crippen LogP) is 1.79. The number of nitrogens with one attached hydrogen (secondary N) is 3. The molecule has 0 amide bonds. The predicted molar refractivity (Wildman–Crippen MR) is 73.2 cm³/mol. The lowest BCUT2D eigenvalue weighted by atomic mass is 10.2. The summed E-state index contributed by atoms with van der Waals surface area (Å²) < 4.78 is 0.476. The quantitative estimate of drug-likeness (QED) is 0.621. The summed E-state index contributed by atoms with van der Waals surface area (Å²) in [7, 11) is 0. The van der Waals surface area contributed by atoms with Crippen LogP contribution in [0, 0.1) is 11.7 Å². The third-order valence-electron chi connectivity index (χ3n) is 2.54. The van der Waals surface area contributed by atoms with Gasteiger partial charge in [0.05, 0.1) is 6.10 Å². The van der Waals surface area contributed by atoms with Gasteiger partial charge in [-0.05, 0) is 36.8 Å². The van der Waals surface area contributed by atoms with E-state index in [2.05, 4.69) is 20.5 Å². The first-order valence-electron chi connectivity index (χ1n) is 5.75. The van der Waals surface area contributed by atoms with E-state index in [0.717, 1.165) is 5.69 Å². The van der Waals surface area contributed by atoms with Crippen LogP contribution >= 0.6 is 12.2 Å². The molecular formula is C12H16N4OS. The molecule has 0 aliphatic rings. The molecule has 6 heteroatoms. The fraction of sp³-hybridized carbons (Fsp3) is 0.333. The normalized spacial score (nSPS) is 12.3. The Hall–Kier alpha value is -1.66. The van der Waals surface area contributed by atoms with Crippen molar-refractivity contribution in [2.75, 3.05) is 11.9 Å². The summed E-state index contributed by atoms with van der Waals surface area (Å²) in [6, 6.07) is 8.02. The molecule has 5 nitrogen and oxygen atoms in total. The molecule has 1 aromatic heterocycles. The molecule has 0 saturated heterocycles. The Bertz CT molecular complexity index is 563. The van der Waals surface area contributed by atoms with Gasteiger partial charge < -0.3 is 15.4 Å². The third-order valence-corrected chi connectivity index (χ3v) is 2.73. The number of H-pyrrole nitrogens is 2. The first-order valence-corrected chi connectivity index (χ1v) is 6.16. The van der Waals surface area contributed by atoms with Gasteiger partial charge in [0.2, 0.25) is 0 Å². The molecule has 1 aromatic carbocycles. The van der Waals surface area contributed by atoms with Crippen LogP contribution in [-0.4, -0.2) is 32.9 Å². The van der Waals surface area contributed by atoms with Crippen molar-refractivity contribution in [1.29, 1.82) is 0 Å². The number of aromatic amines is 2. The second-order valence-electron chi connectivity index (χ2n) is 4.23. The van der Waals surface area contributed by atoms with Gasteiger partial charge in [0.25, 0.3) is 0 Å². The van der Waals surface area contributed by atoms with Crippen molar-refractivity contribution >= 4 is 17.9 Å². The molecule has 2 rings (SSSR count). The Labute approximate surface area is 110 Å². The molecule has 0 radical (unpaired) electrons. The maximum atomic E-state index is 9.87. The smallest absolute Gasteiger partial charge is 0.192 e. The number of aliphatic hydroxyl groups excluding tert-OH is 1. The molecule has 4 N–H and O–H groups in total. The number of nitrogens with zero attached hydrogens (tertiary/aromatic N) is 1. The zero-order chi connectivity index (χ0) is 13.0. The van der Waals surface area contributed by atoms with Gasteiger partial charge in [0.1, 0.15) is 5.82 Å². The number of benzene rings is 1. The molecule has 18 heavy (non-hydrogen) atoms. The number of hydrogen-bond donors (Lipinski definition) is 4. The lowest BCUT2D eigenvalue weighted by molar-refractivity contribution is 0.185. The topological polar surface area (TPSA) is 76.7 Å². The molecule has 0 aliphatic carbocycles. The van der Waals surface area contributed by atoms with Gasteiger partial charge in [-0.1, -0.05) is 12.1 Å². The highest BCUT2D eigenvalue weighted by Gasteiger charge is 2.07. The second kappa shape index (κ2) is 5.79. The van der Waals surface area contributed by atoms with E-state index in [1.165, 1.54) is 5.56 Å².